The minimum Gasteiger partial charge on any atom is -0.507 e. The van der Waals surface area contributed by atoms with E-state index in [-0.39, 0.29) is 48.0 Å². The summed E-state index contributed by atoms with van der Waals surface area (Å²) in [6.45, 7) is 11.9. The molecule has 0 fully saturated rings. The Balaban J connectivity index is 0.00000287. The average molecular weight is 563 g/mol. The third-order valence-electron chi connectivity index (χ3n) is 5.67. The maximum Gasteiger partial charge on any atom is 0.294 e. The van der Waals surface area contributed by atoms with Crippen molar-refractivity contribution >= 4 is 29.2 Å². The normalized spacial score (nSPS) is 10.3. The van der Waals surface area contributed by atoms with Crippen LogP contribution in [-0.4, -0.2) is 44.9 Å². The number of amidine groups is 1. The maximum atomic E-state index is 13.4. The van der Waals surface area contributed by atoms with E-state index >= 15 is 0 Å². The number of nitrogens with zero attached hydrogens (tertiary/aromatic N) is 2. The van der Waals surface area contributed by atoms with Crippen molar-refractivity contribution in [3.8, 4) is 17.0 Å². The van der Waals surface area contributed by atoms with E-state index in [0.717, 1.165) is 6.42 Å². The van der Waals surface area contributed by atoms with Crippen LogP contribution in [-0.2, 0) is 17.9 Å². The second-order valence-electron chi connectivity index (χ2n) is 9.32. The van der Waals surface area contributed by atoms with Crippen molar-refractivity contribution in [3.05, 3.63) is 82.8 Å². The van der Waals surface area contributed by atoms with Crippen LogP contribution in [0.3, 0.4) is 0 Å². The van der Waals surface area contributed by atoms with Crippen LogP contribution in [0.1, 0.15) is 48.7 Å². The molecule has 12 nitrogen and oxygen atoms in total. The smallest absolute Gasteiger partial charge is 0.294 e. The summed E-state index contributed by atoms with van der Waals surface area (Å²) >= 11 is 0. The summed E-state index contributed by atoms with van der Waals surface area (Å²) in [6.07, 6.45) is 2.23. The van der Waals surface area contributed by atoms with Crippen molar-refractivity contribution < 1.29 is 14.7 Å². The molecule has 0 saturated carbocycles. The number of nitrogens with two attached hydrogens (primary N) is 2. The number of nitrogen functional groups attached to an aromatic ring is 2. The molecule has 3 rings (SSSR count). The Morgan fingerprint density at radius 3 is 2.46 bits per heavy atom. The zero-order valence-corrected chi connectivity index (χ0v) is 23.6. The molecule has 3 aromatic rings. The number of phenolic OH excluding ortho intramolecular Hbond substituents is 1. The number of aromatic nitrogens is 2. The molecule has 0 aliphatic heterocycles. The van der Waals surface area contributed by atoms with E-state index in [1.165, 1.54) is 22.9 Å². The third-order valence-corrected chi connectivity index (χ3v) is 5.67. The lowest BCUT2D eigenvalue weighted by Crippen LogP contribution is -2.35. The van der Waals surface area contributed by atoms with Gasteiger partial charge in [-0.3, -0.25) is 24.4 Å². The number of amides is 2. The van der Waals surface area contributed by atoms with Crippen LogP contribution >= 0.6 is 0 Å². The molecule has 0 spiro atoms. The Kier molecular flexibility index (Phi) is 11.6. The van der Waals surface area contributed by atoms with Gasteiger partial charge in [-0.2, -0.15) is 0 Å². The minimum absolute atomic E-state index is 0.0663. The van der Waals surface area contributed by atoms with E-state index in [9.17, 15) is 19.5 Å². The highest BCUT2D eigenvalue weighted by atomic mass is 16.3. The molecule has 1 heterocycles. The number of benzene rings is 2. The molecular formula is C29H38N8O4. The first-order chi connectivity index (χ1) is 19.5. The lowest BCUT2D eigenvalue weighted by Gasteiger charge is -2.17. The predicted molar refractivity (Wildman–Crippen MR) is 162 cm³/mol. The summed E-state index contributed by atoms with van der Waals surface area (Å²) in [5, 5.41) is 26.0. The van der Waals surface area contributed by atoms with Crippen molar-refractivity contribution in [2.75, 3.05) is 17.6 Å². The number of nitrogens with one attached hydrogen (secondary N) is 4. The molecule has 0 unspecified atom stereocenters. The number of aromatic hydroxyl groups is 1. The quantitative estimate of drug-likeness (QED) is 0.0799. The highest BCUT2D eigenvalue weighted by molar-refractivity contribution is 5.97. The number of phenols is 1. The molecule has 12 heteroatoms. The molecule has 2 aromatic carbocycles. The molecule has 0 aliphatic carbocycles. The summed E-state index contributed by atoms with van der Waals surface area (Å²) in [4.78, 5) is 43.2. The Labute approximate surface area is 239 Å². The number of carbonyl (C=O) groups is 2. The van der Waals surface area contributed by atoms with Gasteiger partial charge in [0.2, 0.25) is 5.91 Å². The van der Waals surface area contributed by atoms with Gasteiger partial charge in [0.15, 0.2) is 5.82 Å². The minimum atomic E-state index is -0.515. The van der Waals surface area contributed by atoms with Crippen molar-refractivity contribution in [3.63, 3.8) is 0 Å². The van der Waals surface area contributed by atoms with Crippen molar-refractivity contribution in [1.29, 1.82) is 5.41 Å². The third kappa shape index (κ3) is 8.68. The monoisotopic (exact) mass is 562 g/mol. The fraction of sp³-hybridized carbons (Fsp3) is 0.276. The van der Waals surface area contributed by atoms with Crippen LogP contribution < -0.4 is 33.0 Å². The number of rotatable bonds is 11. The highest BCUT2D eigenvalue weighted by Crippen LogP contribution is 2.24. The van der Waals surface area contributed by atoms with E-state index in [1.807, 2.05) is 20.8 Å². The molecule has 9 N–H and O–H groups in total. The average Bonchev–Trinajstić information content (AvgIpc) is 2.93. The van der Waals surface area contributed by atoms with Gasteiger partial charge in [-0.15, -0.1) is 13.2 Å². The summed E-state index contributed by atoms with van der Waals surface area (Å²) in [6, 6.07) is 9.19. The first kappa shape index (κ1) is 32.1. The molecule has 0 saturated heterocycles. The van der Waals surface area contributed by atoms with Gasteiger partial charge in [0.05, 0.1) is 17.5 Å². The topological polar surface area (TPSA) is 201 Å². The largest absolute Gasteiger partial charge is 0.507 e. The van der Waals surface area contributed by atoms with Crippen LogP contribution in [0.5, 0.6) is 5.75 Å². The molecule has 1 aromatic heterocycles. The zero-order chi connectivity index (χ0) is 30.7. The van der Waals surface area contributed by atoms with Gasteiger partial charge >= 0.3 is 0 Å². The molecular weight excluding hydrogens is 524 g/mol. The van der Waals surface area contributed by atoms with Crippen LogP contribution in [0.25, 0.3) is 11.3 Å². The van der Waals surface area contributed by atoms with Crippen LogP contribution in [0.2, 0.25) is 0 Å². The van der Waals surface area contributed by atoms with Crippen LogP contribution in [0.4, 0.5) is 11.5 Å². The lowest BCUT2D eigenvalue weighted by atomic mass is 10.1. The molecule has 2 amide bonds. The van der Waals surface area contributed by atoms with Gasteiger partial charge in [-0.1, -0.05) is 13.0 Å². The number of hydrogen-bond donors (Lipinski definition) is 7. The Hall–Kier alpha value is -5.13. The fourth-order valence-electron chi connectivity index (χ4n) is 3.83. The Morgan fingerprint density at radius 1 is 1.15 bits per heavy atom. The summed E-state index contributed by atoms with van der Waals surface area (Å²) in [7, 11) is 0. The summed E-state index contributed by atoms with van der Waals surface area (Å²) in [5.74, 6) is -1.14. The Morgan fingerprint density at radius 2 is 1.85 bits per heavy atom. The zero-order valence-electron chi connectivity index (χ0n) is 23.6. The van der Waals surface area contributed by atoms with Gasteiger partial charge < -0.3 is 32.5 Å². The predicted octanol–water partition coefficient (Wildman–Crippen LogP) is 2.56. The van der Waals surface area contributed by atoms with Gasteiger partial charge in [0.25, 0.3) is 11.5 Å². The molecule has 0 atom stereocenters. The van der Waals surface area contributed by atoms with Crippen molar-refractivity contribution in [2.45, 2.75) is 46.3 Å². The van der Waals surface area contributed by atoms with E-state index in [0.29, 0.717) is 34.6 Å². The molecule has 218 valence electrons. The maximum absolute atomic E-state index is 13.4. The fourth-order valence-corrected chi connectivity index (χ4v) is 3.83. The molecule has 0 aliphatic rings. The standard InChI is InChI=1S/C27H34N8O4.C2H4/c1-4-7-31-26(38)18-9-17(10-19(28)11-18)21-13-33-25(34-15(2)3)27(39)35(21)14-23(37)32-12-16-5-6-20(24(29)30)22(36)8-16;1-2/h5-6,8-11,13,15,36H,4,7,12,14,28H2,1-3H3,(H3,29,30)(H,31,38)(H,32,37)(H,33,34);1-2H2. The van der Waals surface area contributed by atoms with Gasteiger partial charge in [-0.25, -0.2) is 4.98 Å². The second kappa shape index (κ2) is 14.9. The van der Waals surface area contributed by atoms with E-state index in [2.05, 4.69) is 34.1 Å². The number of anilines is 2. The van der Waals surface area contributed by atoms with Crippen molar-refractivity contribution in [1.82, 2.24) is 20.2 Å². The van der Waals surface area contributed by atoms with Gasteiger partial charge in [-0.05, 0) is 56.2 Å². The van der Waals surface area contributed by atoms with Gasteiger partial charge in [0.1, 0.15) is 18.1 Å². The Bertz CT molecular complexity index is 1470. The van der Waals surface area contributed by atoms with Crippen molar-refractivity contribution in [2.24, 2.45) is 5.73 Å². The van der Waals surface area contributed by atoms with Crippen LogP contribution in [0, 0.1) is 5.41 Å². The summed E-state index contributed by atoms with van der Waals surface area (Å²) in [5.41, 5.74) is 13.2. The second-order valence-corrected chi connectivity index (χ2v) is 9.32. The molecule has 41 heavy (non-hydrogen) atoms. The lowest BCUT2D eigenvalue weighted by molar-refractivity contribution is -0.121. The SMILES string of the molecule is C=C.CCCNC(=O)c1cc(N)cc(-c2cnc(NC(C)C)c(=O)n2CC(=O)NCc2ccc(C(=N)N)c(O)c2)c1. The highest BCUT2D eigenvalue weighted by Gasteiger charge is 2.18. The summed E-state index contributed by atoms with van der Waals surface area (Å²) < 4.78 is 1.27. The first-order valence-electron chi connectivity index (χ1n) is 13.0. The molecule has 0 bridgehead atoms. The van der Waals surface area contributed by atoms with Crippen LogP contribution in [0.15, 0.2) is 60.5 Å². The van der Waals surface area contributed by atoms with E-state index < -0.39 is 11.5 Å². The van der Waals surface area contributed by atoms with E-state index in [4.69, 9.17) is 16.9 Å². The molecule has 0 radical (unpaired) electrons. The van der Waals surface area contributed by atoms with Gasteiger partial charge in [0, 0.05) is 35.9 Å². The first-order valence-corrected chi connectivity index (χ1v) is 13.0. The van der Waals surface area contributed by atoms with E-state index in [1.54, 1.807) is 24.3 Å². The number of carbonyl (C=O) groups excluding carboxylic acids is 2. The number of hydrogen-bond acceptors (Lipinski definition) is 8.